The number of nitrogens with zero attached hydrogens (tertiary/aromatic N) is 1. The summed E-state index contributed by atoms with van der Waals surface area (Å²) in [7, 11) is 0. The van der Waals surface area contributed by atoms with Gasteiger partial charge in [-0.15, -0.1) is 0 Å². The highest BCUT2D eigenvalue weighted by molar-refractivity contribution is 5.91. The Kier molecular flexibility index (Phi) is 3.28. The summed E-state index contributed by atoms with van der Waals surface area (Å²) in [5.74, 6) is 0. The maximum absolute atomic E-state index is 7.32. The van der Waals surface area contributed by atoms with Crippen molar-refractivity contribution in [2.75, 3.05) is 0 Å². The molecule has 0 saturated heterocycles. The van der Waals surface area contributed by atoms with Crippen molar-refractivity contribution in [1.82, 2.24) is 4.98 Å². The first-order valence-corrected chi connectivity index (χ1v) is 6.09. The Hall–Kier alpha value is -1.96. The number of fused-ring (bicyclic) bond motifs is 1. The average molecular weight is 238 g/mol. The molecule has 0 radical (unpaired) electrons. The molecule has 1 N–H and O–H groups in total. The number of benzene rings is 1. The summed E-state index contributed by atoms with van der Waals surface area (Å²) in [5, 5.41) is 8.52. The molecule has 0 atom stereocenters. The average Bonchev–Trinajstić information content (AvgIpc) is 2.41. The van der Waals surface area contributed by atoms with Crippen molar-refractivity contribution < 1.29 is 0 Å². The van der Waals surface area contributed by atoms with Crippen molar-refractivity contribution in [1.29, 1.82) is 5.41 Å². The predicted octanol–water partition coefficient (Wildman–Crippen LogP) is 4.29. The fourth-order valence-corrected chi connectivity index (χ4v) is 2.00. The number of aromatic nitrogens is 1. The van der Waals surface area contributed by atoms with Gasteiger partial charge < -0.3 is 5.41 Å². The molecule has 0 aliphatic carbocycles. The monoisotopic (exact) mass is 238 g/mol. The number of rotatable bonds is 2. The van der Waals surface area contributed by atoms with Gasteiger partial charge >= 0.3 is 0 Å². The quantitative estimate of drug-likeness (QED) is 0.778. The SMILES string of the molecule is C/C(C=N)=C(\C)c1ccc2c(C)c(C)cnc2c1. The van der Waals surface area contributed by atoms with E-state index >= 15 is 0 Å². The minimum atomic E-state index is 0.984. The first-order chi connectivity index (χ1) is 8.54. The summed E-state index contributed by atoms with van der Waals surface area (Å²) < 4.78 is 0. The van der Waals surface area contributed by atoms with E-state index in [0.717, 1.165) is 22.2 Å². The van der Waals surface area contributed by atoms with Crippen LogP contribution in [0.15, 0.2) is 30.0 Å². The minimum Gasteiger partial charge on any atom is -0.308 e. The van der Waals surface area contributed by atoms with E-state index in [1.807, 2.05) is 20.0 Å². The molecular weight excluding hydrogens is 220 g/mol. The molecule has 1 heterocycles. The molecular formula is C16H18N2. The van der Waals surface area contributed by atoms with Gasteiger partial charge in [-0.05, 0) is 61.6 Å². The zero-order chi connectivity index (χ0) is 13.3. The lowest BCUT2D eigenvalue weighted by Crippen LogP contribution is -1.91. The summed E-state index contributed by atoms with van der Waals surface area (Å²) >= 11 is 0. The van der Waals surface area contributed by atoms with Crippen molar-refractivity contribution in [3.05, 3.63) is 46.7 Å². The van der Waals surface area contributed by atoms with Crippen LogP contribution < -0.4 is 0 Å². The van der Waals surface area contributed by atoms with Crippen LogP contribution in [0.1, 0.15) is 30.5 Å². The third kappa shape index (κ3) is 2.06. The standard InChI is InChI=1S/C16H18N2/c1-10(8-17)12(3)14-5-6-15-13(4)11(2)9-18-16(15)7-14/h5-9,17H,1-4H3/b12-10-,17-8?. The van der Waals surface area contributed by atoms with E-state index in [4.69, 9.17) is 5.41 Å². The van der Waals surface area contributed by atoms with Crippen molar-refractivity contribution in [3.63, 3.8) is 0 Å². The zero-order valence-electron chi connectivity index (χ0n) is 11.3. The van der Waals surface area contributed by atoms with Gasteiger partial charge in [0.2, 0.25) is 0 Å². The number of hydrogen-bond acceptors (Lipinski definition) is 2. The Morgan fingerprint density at radius 3 is 2.61 bits per heavy atom. The lowest BCUT2D eigenvalue weighted by atomic mass is 9.99. The Morgan fingerprint density at radius 1 is 1.22 bits per heavy atom. The van der Waals surface area contributed by atoms with Crippen molar-refractivity contribution in [3.8, 4) is 0 Å². The van der Waals surface area contributed by atoms with Crippen LogP contribution in [0.2, 0.25) is 0 Å². The molecule has 18 heavy (non-hydrogen) atoms. The van der Waals surface area contributed by atoms with Crippen molar-refractivity contribution >= 4 is 22.7 Å². The molecule has 0 spiro atoms. The molecule has 0 saturated carbocycles. The van der Waals surface area contributed by atoms with Crippen LogP contribution in [0.5, 0.6) is 0 Å². The van der Waals surface area contributed by atoms with E-state index < -0.39 is 0 Å². The molecule has 2 nitrogen and oxygen atoms in total. The van der Waals surface area contributed by atoms with E-state index in [-0.39, 0.29) is 0 Å². The number of hydrogen-bond donors (Lipinski definition) is 1. The van der Waals surface area contributed by atoms with Crippen LogP contribution in [0.3, 0.4) is 0 Å². The predicted molar refractivity (Wildman–Crippen MR) is 78.3 cm³/mol. The molecule has 0 unspecified atom stereocenters. The molecule has 0 fully saturated rings. The second-order valence-corrected chi connectivity index (χ2v) is 4.75. The lowest BCUT2D eigenvalue weighted by Gasteiger charge is -2.08. The molecule has 0 aliphatic rings. The highest BCUT2D eigenvalue weighted by atomic mass is 14.7. The van der Waals surface area contributed by atoms with Gasteiger partial charge in [0.25, 0.3) is 0 Å². The van der Waals surface area contributed by atoms with Crippen molar-refractivity contribution in [2.45, 2.75) is 27.7 Å². The van der Waals surface area contributed by atoms with E-state index in [1.165, 1.54) is 22.7 Å². The molecule has 2 rings (SSSR count). The van der Waals surface area contributed by atoms with Crippen LogP contribution in [0.4, 0.5) is 0 Å². The van der Waals surface area contributed by atoms with Gasteiger partial charge in [-0.3, -0.25) is 4.98 Å². The molecule has 2 aromatic rings. The maximum Gasteiger partial charge on any atom is 0.0710 e. The highest BCUT2D eigenvalue weighted by Crippen LogP contribution is 2.24. The normalized spacial score (nSPS) is 12.4. The van der Waals surface area contributed by atoms with Crippen LogP contribution >= 0.6 is 0 Å². The fraction of sp³-hybridized carbons (Fsp3) is 0.250. The molecule has 0 amide bonds. The second-order valence-electron chi connectivity index (χ2n) is 4.75. The number of nitrogens with one attached hydrogen (secondary N) is 1. The Bertz CT molecular complexity index is 651. The van der Waals surface area contributed by atoms with E-state index in [0.29, 0.717) is 0 Å². The van der Waals surface area contributed by atoms with Gasteiger partial charge in [-0.2, -0.15) is 0 Å². The van der Waals surface area contributed by atoms with E-state index in [2.05, 4.69) is 37.0 Å². The summed E-state index contributed by atoms with van der Waals surface area (Å²) in [6.45, 7) is 8.22. The Labute approximate surface area is 108 Å². The fourth-order valence-electron chi connectivity index (χ4n) is 2.00. The van der Waals surface area contributed by atoms with Crippen molar-refractivity contribution in [2.24, 2.45) is 0 Å². The third-order valence-corrected chi connectivity index (χ3v) is 3.63. The molecule has 92 valence electrons. The molecule has 2 heteroatoms. The summed E-state index contributed by atoms with van der Waals surface area (Å²) in [6, 6.07) is 6.34. The molecule has 1 aromatic carbocycles. The smallest absolute Gasteiger partial charge is 0.0710 e. The van der Waals surface area contributed by atoms with Gasteiger partial charge in [0.1, 0.15) is 0 Å². The van der Waals surface area contributed by atoms with E-state index in [1.54, 1.807) is 0 Å². The molecule has 0 aliphatic heterocycles. The maximum atomic E-state index is 7.32. The van der Waals surface area contributed by atoms with Crippen LogP contribution in [-0.2, 0) is 0 Å². The van der Waals surface area contributed by atoms with Gasteiger partial charge in [0, 0.05) is 17.8 Å². The Balaban J connectivity index is 2.66. The minimum absolute atomic E-state index is 0.984. The van der Waals surface area contributed by atoms with Gasteiger partial charge in [-0.25, -0.2) is 0 Å². The lowest BCUT2D eigenvalue weighted by molar-refractivity contribution is 1.28. The largest absolute Gasteiger partial charge is 0.308 e. The highest BCUT2D eigenvalue weighted by Gasteiger charge is 2.05. The summed E-state index contributed by atoms with van der Waals surface area (Å²) in [6.07, 6.45) is 3.32. The second kappa shape index (κ2) is 4.73. The van der Waals surface area contributed by atoms with Gasteiger partial charge in [0.15, 0.2) is 0 Å². The summed E-state index contributed by atoms with van der Waals surface area (Å²) in [4.78, 5) is 4.49. The van der Waals surface area contributed by atoms with Crippen LogP contribution in [-0.4, -0.2) is 11.2 Å². The van der Waals surface area contributed by atoms with Gasteiger partial charge in [0.05, 0.1) is 5.52 Å². The van der Waals surface area contributed by atoms with Crippen LogP contribution in [0, 0.1) is 19.3 Å². The topological polar surface area (TPSA) is 36.7 Å². The van der Waals surface area contributed by atoms with Crippen LogP contribution in [0.25, 0.3) is 16.5 Å². The summed E-state index contributed by atoms with van der Waals surface area (Å²) in [5.41, 5.74) is 6.78. The first-order valence-electron chi connectivity index (χ1n) is 6.09. The Morgan fingerprint density at radius 2 is 1.94 bits per heavy atom. The number of pyridine rings is 1. The first kappa shape index (κ1) is 12.5. The van der Waals surface area contributed by atoms with Gasteiger partial charge in [-0.1, -0.05) is 12.1 Å². The zero-order valence-corrected chi connectivity index (χ0v) is 11.3. The third-order valence-electron chi connectivity index (χ3n) is 3.63. The molecule has 1 aromatic heterocycles. The van der Waals surface area contributed by atoms with E-state index in [9.17, 15) is 0 Å². The number of aryl methyl sites for hydroxylation is 2. The molecule has 0 bridgehead atoms. The number of allylic oxidation sites excluding steroid dienone is 2.